The van der Waals surface area contributed by atoms with E-state index in [0.717, 1.165) is 22.0 Å². The van der Waals surface area contributed by atoms with Crippen molar-refractivity contribution < 1.29 is 19.5 Å². The summed E-state index contributed by atoms with van der Waals surface area (Å²) < 4.78 is 0. The van der Waals surface area contributed by atoms with E-state index in [1.165, 1.54) is 12.5 Å². The number of fused-ring (bicyclic) bond motifs is 1. The van der Waals surface area contributed by atoms with Crippen LogP contribution in [0.15, 0.2) is 73.3 Å². The molecule has 3 atom stereocenters. The standard InChI is InChI=1S/C26H28N6O4/c27-20(10-16-6-2-1-3-7-16)24(33)31-22(11-17-13-29-21-9-5-4-8-19(17)21)25(34)32-23(26(35)36)12-18-14-28-15-30-18/h1-9,13-15,20,22-23,29H,10-12,27H2,(H,28,30)(H,31,33)(H,32,34)(H,35,36)/t20-,22-,23+/m0/s1. The summed E-state index contributed by atoms with van der Waals surface area (Å²) in [5, 5.41) is 15.9. The Morgan fingerprint density at radius 3 is 2.33 bits per heavy atom. The van der Waals surface area contributed by atoms with Gasteiger partial charge in [0.25, 0.3) is 0 Å². The summed E-state index contributed by atoms with van der Waals surface area (Å²) >= 11 is 0. The van der Waals surface area contributed by atoms with Crippen LogP contribution in [0.3, 0.4) is 0 Å². The average Bonchev–Trinajstić information content (AvgIpc) is 3.54. The molecule has 0 aliphatic rings. The lowest BCUT2D eigenvalue weighted by Gasteiger charge is -2.23. The molecule has 4 rings (SSSR count). The van der Waals surface area contributed by atoms with Crippen molar-refractivity contribution >= 4 is 28.7 Å². The minimum atomic E-state index is -1.21. The number of hydrogen-bond donors (Lipinski definition) is 6. The molecule has 10 heteroatoms. The third kappa shape index (κ3) is 6.16. The highest BCUT2D eigenvalue weighted by atomic mass is 16.4. The van der Waals surface area contributed by atoms with Crippen molar-refractivity contribution in [2.45, 2.75) is 37.4 Å². The lowest BCUT2D eigenvalue weighted by molar-refractivity contribution is -0.142. The molecule has 2 amide bonds. The lowest BCUT2D eigenvalue weighted by Crippen LogP contribution is -2.55. The van der Waals surface area contributed by atoms with Crippen molar-refractivity contribution in [1.29, 1.82) is 0 Å². The van der Waals surface area contributed by atoms with Crippen LogP contribution in [0.5, 0.6) is 0 Å². The molecule has 0 radical (unpaired) electrons. The van der Waals surface area contributed by atoms with Crippen LogP contribution in [0.25, 0.3) is 10.9 Å². The number of nitrogens with two attached hydrogens (primary N) is 1. The Morgan fingerprint density at radius 2 is 1.61 bits per heavy atom. The summed E-state index contributed by atoms with van der Waals surface area (Å²) in [6, 6.07) is 13.8. The molecule has 0 fully saturated rings. The first kappa shape index (κ1) is 24.7. The van der Waals surface area contributed by atoms with Gasteiger partial charge in [-0.1, -0.05) is 48.5 Å². The molecule has 186 valence electrons. The predicted molar refractivity (Wildman–Crippen MR) is 134 cm³/mol. The fourth-order valence-corrected chi connectivity index (χ4v) is 4.06. The summed E-state index contributed by atoms with van der Waals surface area (Å²) in [7, 11) is 0. The minimum absolute atomic E-state index is 0.0162. The molecule has 0 saturated heterocycles. The largest absolute Gasteiger partial charge is 0.480 e. The van der Waals surface area contributed by atoms with Crippen LogP contribution in [-0.4, -0.2) is 56.0 Å². The number of imidazole rings is 1. The number of carbonyl (C=O) groups excluding carboxylic acids is 2. The number of nitrogens with zero attached hydrogens (tertiary/aromatic N) is 1. The maximum atomic E-state index is 13.3. The zero-order valence-electron chi connectivity index (χ0n) is 19.5. The van der Waals surface area contributed by atoms with Gasteiger partial charge in [-0.05, 0) is 23.6 Å². The number of benzene rings is 2. The molecule has 0 aliphatic carbocycles. The van der Waals surface area contributed by atoms with E-state index >= 15 is 0 Å². The zero-order chi connectivity index (χ0) is 25.5. The van der Waals surface area contributed by atoms with E-state index in [0.29, 0.717) is 12.1 Å². The first-order valence-electron chi connectivity index (χ1n) is 11.6. The quantitative estimate of drug-likeness (QED) is 0.186. The fraction of sp³-hybridized carbons (Fsp3) is 0.231. The first-order valence-corrected chi connectivity index (χ1v) is 11.6. The zero-order valence-corrected chi connectivity index (χ0v) is 19.5. The van der Waals surface area contributed by atoms with Gasteiger partial charge >= 0.3 is 5.97 Å². The Morgan fingerprint density at radius 1 is 0.889 bits per heavy atom. The fourth-order valence-electron chi connectivity index (χ4n) is 4.06. The molecule has 0 saturated carbocycles. The number of aliphatic carboxylic acids is 1. The second-order valence-corrected chi connectivity index (χ2v) is 8.60. The monoisotopic (exact) mass is 488 g/mol. The number of carboxylic acid groups (broad SMARTS) is 1. The van der Waals surface area contributed by atoms with Gasteiger partial charge in [-0.25, -0.2) is 9.78 Å². The minimum Gasteiger partial charge on any atom is -0.480 e. The van der Waals surface area contributed by atoms with Crippen LogP contribution in [0.1, 0.15) is 16.8 Å². The number of aromatic nitrogens is 3. The number of carboxylic acids is 1. The molecule has 2 aromatic carbocycles. The summed E-state index contributed by atoms with van der Waals surface area (Å²) in [4.78, 5) is 48.0. The van der Waals surface area contributed by atoms with Gasteiger partial charge in [0.1, 0.15) is 12.1 Å². The first-order chi connectivity index (χ1) is 17.4. The Labute approximate surface area is 207 Å². The molecular formula is C26H28N6O4. The summed E-state index contributed by atoms with van der Waals surface area (Å²) in [6.45, 7) is 0. The van der Waals surface area contributed by atoms with E-state index in [1.807, 2.05) is 54.6 Å². The van der Waals surface area contributed by atoms with Crippen LogP contribution in [0.2, 0.25) is 0 Å². The second kappa shape index (κ2) is 11.3. The van der Waals surface area contributed by atoms with Gasteiger partial charge in [0.2, 0.25) is 11.8 Å². The Balaban J connectivity index is 1.52. The van der Waals surface area contributed by atoms with E-state index in [4.69, 9.17) is 5.73 Å². The van der Waals surface area contributed by atoms with E-state index < -0.39 is 35.9 Å². The van der Waals surface area contributed by atoms with E-state index in [1.54, 1.807) is 6.20 Å². The lowest BCUT2D eigenvalue weighted by atomic mass is 10.0. The number of amides is 2. The van der Waals surface area contributed by atoms with Crippen molar-refractivity contribution in [3.8, 4) is 0 Å². The number of hydrogen-bond acceptors (Lipinski definition) is 5. The Hall–Kier alpha value is -4.44. The van der Waals surface area contributed by atoms with Gasteiger partial charge in [-0.3, -0.25) is 9.59 Å². The molecule has 2 aromatic heterocycles. The highest BCUT2D eigenvalue weighted by Crippen LogP contribution is 2.19. The topological polar surface area (TPSA) is 166 Å². The maximum Gasteiger partial charge on any atom is 0.326 e. The van der Waals surface area contributed by atoms with Crippen molar-refractivity contribution in [3.05, 3.63) is 90.1 Å². The van der Waals surface area contributed by atoms with Crippen molar-refractivity contribution in [2.75, 3.05) is 0 Å². The van der Waals surface area contributed by atoms with Gasteiger partial charge in [0.05, 0.1) is 12.4 Å². The van der Waals surface area contributed by atoms with Gasteiger partial charge in [-0.15, -0.1) is 0 Å². The molecular weight excluding hydrogens is 460 g/mol. The summed E-state index contributed by atoms with van der Waals surface area (Å²) in [5.41, 5.74) is 9.30. The molecule has 36 heavy (non-hydrogen) atoms. The number of para-hydroxylation sites is 1. The number of aromatic amines is 2. The average molecular weight is 489 g/mol. The molecule has 0 spiro atoms. The SMILES string of the molecule is N[C@@H](Cc1ccccc1)C(=O)N[C@@H](Cc1c[nH]c2ccccc12)C(=O)N[C@H](Cc1cnc[nH]1)C(=O)O. The second-order valence-electron chi connectivity index (χ2n) is 8.60. The van der Waals surface area contributed by atoms with E-state index in [9.17, 15) is 19.5 Å². The van der Waals surface area contributed by atoms with Crippen LogP contribution >= 0.6 is 0 Å². The van der Waals surface area contributed by atoms with Gasteiger partial charge in [0, 0.05) is 41.8 Å². The summed E-state index contributed by atoms with van der Waals surface area (Å²) in [6.07, 6.45) is 5.17. The number of H-pyrrole nitrogens is 2. The van der Waals surface area contributed by atoms with Crippen LogP contribution in [0.4, 0.5) is 0 Å². The molecule has 10 nitrogen and oxygen atoms in total. The van der Waals surface area contributed by atoms with Crippen molar-refractivity contribution in [1.82, 2.24) is 25.6 Å². The summed E-state index contributed by atoms with van der Waals surface area (Å²) in [5.74, 6) is -2.32. The Kier molecular flexibility index (Phi) is 7.76. The Bertz CT molecular complexity index is 1320. The van der Waals surface area contributed by atoms with Crippen molar-refractivity contribution in [3.63, 3.8) is 0 Å². The third-order valence-electron chi connectivity index (χ3n) is 5.96. The normalized spacial score (nSPS) is 13.6. The van der Waals surface area contributed by atoms with Crippen LogP contribution in [-0.2, 0) is 33.6 Å². The highest BCUT2D eigenvalue weighted by Gasteiger charge is 2.29. The van der Waals surface area contributed by atoms with Gasteiger partial charge in [-0.2, -0.15) is 0 Å². The number of nitrogens with one attached hydrogen (secondary N) is 4. The van der Waals surface area contributed by atoms with Gasteiger partial charge in [0.15, 0.2) is 0 Å². The van der Waals surface area contributed by atoms with Crippen LogP contribution in [0, 0.1) is 0 Å². The van der Waals surface area contributed by atoms with E-state index in [2.05, 4.69) is 25.6 Å². The predicted octanol–water partition coefficient (Wildman–Crippen LogP) is 1.30. The molecule has 0 bridgehead atoms. The smallest absolute Gasteiger partial charge is 0.326 e. The maximum absolute atomic E-state index is 13.3. The molecule has 7 N–H and O–H groups in total. The molecule has 4 aromatic rings. The number of rotatable bonds is 11. The number of carbonyl (C=O) groups is 3. The van der Waals surface area contributed by atoms with E-state index in [-0.39, 0.29) is 12.8 Å². The molecule has 2 heterocycles. The molecule has 0 unspecified atom stereocenters. The van der Waals surface area contributed by atoms with Crippen LogP contribution < -0.4 is 16.4 Å². The van der Waals surface area contributed by atoms with Gasteiger partial charge < -0.3 is 31.4 Å². The molecule has 0 aliphatic heterocycles. The highest BCUT2D eigenvalue weighted by molar-refractivity contribution is 5.93. The third-order valence-corrected chi connectivity index (χ3v) is 5.96. The van der Waals surface area contributed by atoms with Crippen molar-refractivity contribution in [2.24, 2.45) is 5.73 Å².